The van der Waals surface area contributed by atoms with Crippen LogP contribution in [-0.2, 0) is 0 Å². The van der Waals surface area contributed by atoms with Crippen molar-refractivity contribution in [3.05, 3.63) is 35.4 Å². The van der Waals surface area contributed by atoms with Gasteiger partial charge >= 0.3 is 0 Å². The van der Waals surface area contributed by atoms with Gasteiger partial charge < -0.3 is 10.2 Å². The topological polar surface area (TPSA) is 15.3 Å². The highest BCUT2D eigenvalue weighted by atomic mass is 19.1. The molecule has 19 heavy (non-hydrogen) atoms. The van der Waals surface area contributed by atoms with Gasteiger partial charge in [-0.25, -0.2) is 8.78 Å². The van der Waals surface area contributed by atoms with E-state index in [0.717, 1.165) is 25.6 Å². The first-order valence-electron chi connectivity index (χ1n) is 6.87. The third-order valence-electron chi connectivity index (χ3n) is 4.00. The number of likely N-dealkylation sites (tertiary alicyclic amines) is 1. The fourth-order valence-corrected chi connectivity index (χ4v) is 2.87. The van der Waals surface area contributed by atoms with Crippen LogP contribution in [0.2, 0.25) is 0 Å². The molecular weight excluding hydrogens is 246 g/mol. The van der Waals surface area contributed by atoms with Crippen LogP contribution in [0.3, 0.4) is 0 Å². The van der Waals surface area contributed by atoms with E-state index in [1.54, 1.807) is 0 Å². The molecule has 2 rings (SSSR count). The summed E-state index contributed by atoms with van der Waals surface area (Å²) in [5.74, 6) is -0.466. The van der Waals surface area contributed by atoms with Crippen molar-refractivity contribution in [2.24, 2.45) is 5.92 Å². The molecule has 0 bridgehead atoms. The van der Waals surface area contributed by atoms with Crippen LogP contribution in [0.25, 0.3) is 0 Å². The average Bonchev–Trinajstić information content (AvgIpc) is 2.32. The highest BCUT2D eigenvalue weighted by molar-refractivity contribution is 5.21. The third-order valence-corrected chi connectivity index (χ3v) is 4.00. The van der Waals surface area contributed by atoms with E-state index in [9.17, 15) is 8.78 Å². The summed E-state index contributed by atoms with van der Waals surface area (Å²) in [6.07, 6.45) is 1.06. The Morgan fingerprint density at radius 1 is 1.37 bits per heavy atom. The van der Waals surface area contributed by atoms with Gasteiger partial charge in [0, 0.05) is 30.3 Å². The van der Waals surface area contributed by atoms with Gasteiger partial charge in [-0.2, -0.15) is 0 Å². The second kappa shape index (κ2) is 5.97. The van der Waals surface area contributed by atoms with Gasteiger partial charge in [0.15, 0.2) is 0 Å². The summed E-state index contributed by atoms with van der Waals surface area (Å²) in [5, 5.41) is 3.48. The zero-order valence-corrected chi connectivity index (χ0v) is 11.8. The Morgan fingerprint density at radius 2 is 2.11 bits per heavy atom. The van der Waals surface area contributed by atoms with Crippen molar-refractivity contribution < 1.29 is 8.78 Å². The van der Waals surface area contributed by atoms with Crippen LogP contribution in [0.1, 0.15) is 31.9 Å². The molecule has 1 aliphatic heterocycles. The number of rotatable bonds is 3. The number of nitrogens with one attached hydrogen (secondary N) is 1. The number of nitrogens with zero attached hydrogens (tertiary/aromatic N) is 1. The van der Waals surface area contributed by atoms with Gasteiger partial charge in [0.2, 0.25) is 0 Å². The molecule has 0 amide bonds. The van der Waals surface area contributed by atoms with Gasteiger partial charge in [0.1, 0.15) is 11.6 Å². The smallest absolute Gasteiger partial charge is 0.130 e. The van der Waals surface area contributed by atoms with Crippen molar-refractivity contribution in [2.75, 3.05) is 20.1 Å². The SMILES string of the molecule is CC(NC1CCN(C)CC1C)c1ccc(F)cc1F. The molecule has 0 spiro atoms. The lowest BCUT2D eigenvalue weighted by molar-refractivity contribution is 0.167. The van der Waals surface area contributed by atoms with Crippen LogP contribution in [0, 0.1) is 17.6 Å². The van der Waals surface area contributed by atoms with Crippen molar-refractivity contribution in [1.82, 2.24) is 10.2 Å². The minimum absolute atomic E-state index is 0.101. The Hall–Kier alpha value is -1.00. The second-order valence-electron chi connectivity index (χ2n) is 5.69. The first-order valence-corrected chi connectivity index (χ1v) is 6.87. The van der Waals surface area contributed by atoms with Gasteiger partial charge in [-0.05, 0) is 38.9 Å². The number of halogens is 2. The standard InChI is InChI=1S/C15H22F2N2/c1-10-9-19(3)7-6-15(10)18-11(2)13-5-4-12(16)8-14(13)17/h4-5,8,10-11,15,18H,6-7,9H2,1-3H3. The van der Waals surface area contributed by atoms with Gasteiger partial charge in [0.05, 0.1) is 0 Å². The Morgan fingerprint density at radius 3 is 2.74 bits per heavy atom. The monoisotopic (exact) mass is 268 g/mol. The maximum Gasteiger partial charge on any atom is 0.130 e. The molecule has 0 aromatic heterocycles. The van der Waals surface area contributed by atoms with Crippen molar-refractivity contribution in [1.29, 1.82) is 0 Å². The van der Waals surface area contributed by atoms with E-state index in [1.165, 1.54) is 12.1 Å². The number of hydrogen-bond acceptors (Lipinski definition) is 2. The number of benzene rings is 1. The molecule has 3 atom stereocenters. The molecule has 4 heteroatoms. The average molecular weight is 268 g/mol. The zero-order valence-electron chi connectivity index (χ0n) is 11.8. The van der Waals surface area contributed by atoms with E-state index in [-0.39, 0.29) is 6.04 Å². The Kier molecular flexibility index (Phi) is 4.53. The maximum atomic E-state index is 13.7. The van der Waals surface area contributed by atoms with Gasteiger partial charge in [-0.15, -0.1) is 0 Å². The summed E-state index contributed by atoms with van der Waals surface area (Å²) in [5.41, 5.74) is 0.535. The molecule has 1 aromatic rings. The lowest BCUT2D eigenvalue weighted by atomic mass is 9.92. The fraction of sp³-hybridized carbons (Fsp3) is 0.600. The molecule has 1 aromatic carbocycles. The molecule has 1 saturated heterocycles. The largest absolute Gasteiger partial charge is 0.307 e. The first kappa shape index (κ1) is 14.4. The van der Waals surface area contributed by atoms with Crippen molar-refractivity contribution >= 4 is 0 Å². The minimum atomic E-state index is -0.527. The third kappa shape index (κ3) is 3.51. The zero-order chi connectivity index (χ0) is 14.0. The summed E-state index contributed by atoms with van der Waals surface area (Å²) in [4.78, 5) is 2.31. The summed E-state index contributed by atoms with van der Waals surface area (Å²) in [6.45, 7) is 6.25. The van der Waals surface area contributed by atoms with Crippen LogP contribution in [-0.4, -0.2) is 31.1 Å². The quantitative estimate of drug-likeness (QED) is 0.906. The Labute approximate surface area is 113 Å². The molecule has 0 saturated carbocycles. The molecular formula is C15H22F2N2. The van der Waals surface area contributed by atoms with Crippen LogP contribution in [0.5, 0.6) is 0 Å². The molecule has 1 fully saturated rings. The van der Waals surface area contributed by atoms with E-state index in [0.29, 0.717) is 17.5 Å². The maximum absolute atomic E-state index is 13.7. The van der Waals surface area contributed by atoms with Gasteiger partial charge in [-0.1, -0.05) is 13.0 Å². The number of piperidine rings is 1. The van der Waals surface area contributed by atoms with Gasteiger partial charge in [0.25, 0.3) is 0 Å². The van der Waals surface area contributed by atoms with E-state index in [2.05, 4.69) is 24.2 Å². The fourth-order valence-electron chi connectivity index (χ4n) is 2.87. The van der Waals surface area contributed by atoms with Crippen molar-refractivity contribution in [2.45, 2.75) is 32.4 Å². The van der Waals surface area contributed by atoms with E-state index in [4.69, 9.17) is 0 Å². The van der Waals surface area contributed by atoms with Crippen LogP contribution in [0.4, 0.5) is 8.78 Å². The molecule has 1 heterocycles. The number of hydrogen-bond donors (Lipinski definition) is 1. The predicted molar refractivity (Wildman–Crippen MR) is 73.0 cm³/mol. The second-order valence-corrected chi connectivity index (χ2v) is 5.69. The molecule has 0 radical (unpaired) electrons. The summed E-state index contributed by atoms with van der Waals surface area (Å²) in [7, 11) is 2.12. The lowest BCUT2D eigenvalue weighted by Gasteiger charge is -2.37. The molecule has 3 unspecified atom stereocenters. The summed E-state index contributed by atoms with van der Waals surface area (Å²) < 4.78 is 26.6. The molecule has 1 aliphatic rings. The molecule has 106 valence electrons. The molecule has 2 nitrogen and oxygen atoms in total. The lowest BCUT2D eigenvalue weighted by Crippen LogP contribution is -2.47. The summed E-state index contributed by atoms with van der Waals surface area (Å²) >= 11 is 0. The summed E-state index contributed by atoms with van der Waals surface area (Å²) in [6, 6.07) is 4.08. The Balaban J connectivity index is 2.02. The first-order chi connectivity index (χ1) is 8.97. The minimum Gasteiger partial charge on any atom is -0.307 e. The highest BCUT2D eigenvalue weighted by Crippen LogP contribution is 2.22. The van der Waals surface area contributed by atoms with Crippen LogP contribution < -0.4 is 5.32 Å². The van der Waals surface area contributed by atoms with Crippen molar-refractivity contribution in [3.63, 3.8) is 0 Å². The van der Waals surface area contributed by atoms with E-state index >= 15 is 0 Å². The van der Waals surface area contributed by atoms with E-state index in [1.807, 2.05) is 6.92 Å². The van der Waals surface area contributed by atoms with E-state index < -0.39 is 11.6 Å². The predicted octanol–water partition coefficient (Wildman–Crippen LogP) is 2.96. The normalized spacial score (nSPS) is 26.4. The van der Waals surface area contributed by atoms with Crippen molar-refractivity contribution in [3.8, 4) is 0 Å². The van der Waals surface area contributed by atoms with Gasteiger partial charge in [-0.3, -0.25) is 0 Å². The van der Waals surface area contributed by atoms with Crippen LogP contribution >= 0.6 is 0 Å². The molecule has 1 N–H and O–H groups in total. The van der Waals surface area contributed by atoms with Crippen LogP contribution in [0.15, 0.2) is 18.2 Å². The molecule has 0 aliphatic carbocycles. The highest BCUT2D eigenvalue weighted by Gasteiger charge is 2.26. The Bertz CT molecular complexity index is 436.